The first-order chi connectivity index (χ1) is 5.79. The molecule has 0 aromatic heterocycles. The van der Waals surface area contributed by atoms with Gasteiger partial charge >= 0.3 is 0 Å². The predicted octanol–water partition coefficient (Wildman–Crippen LogP) is 1.80. The molecular formula is C10H16O2. The van der Waals surface area contributed by atoms with E-state index in [1.807, 2.05) is 13.0 Å². The molecule has 0 unspecified atom stereocenters. The molecule has 0 spiro atoms. The van der Waals surface area contributed by atoms with Gasteiger partial charge in [0, 0.05) is 19.6 Å². The maximum atomic E-state index is 11.4. The number of hydrogen-bond acceptors (Lipinski definition) is 2. The second kappa shape index (κ2) is 4.41. The van der Waals surface area contributed by atoms with Crippen molar-refractivity contribution in [3.05, 3.63) is 12.2 Å². The lowest BCUT2D eigenvalue weighted by molar-refractivity contribution is -0.124. The third kappa shape index (κ3) is 1.95. The second-order valence-corrected chi connectivity index (χ2v) is 3.30. The number of ketones is 1. The molecule has 1 aliphatic carbocycles. The van der Waals surface area contributed by atoms with Gasteiger partial charge < -0.3 is 4.74 Å². The van der Waals surface area contributed by atoms with Gasteiger partial charge in [0.25, 0.3) is 0 Å². The van der Waals surface area contributed by atoms with E-state index in [-0.39, 0.29) is 11.7 Å². The van der Waals surface area contributed by atoms with Crippen molar-refractivity contribution >= 4 is 5.78 Å². The summed E-state index contributed by atoms with van der Waals surface area (Å²) in [6.45, 7) is 2.61. The summed E-state index contributed by atoms with van der Waals surface area (Å²) in [6, 6.07) is 0. The van der Waals surface area contributed by atoms with E-state index in [4.69, 9.17) is 4.74 Å². The van der Waals surface area contributed by atoms with Crippen LogP contribution in [0.25, 0.3) is 0 Å². The summed E-state index contributed by atoms with van der Waals surface area (Å²) in [6.07, 6.45) is 5.66. The molecule has 1 rings (SSSR count). The maximum Gasteiger partial charge on any atom is 0.158 e. The fraction of sp³-hybridized carbons (Fsp3) is 0.700. The molecule has 0 aromatic rings. The van der Waals surface area contributed by atoms with Crippen molar-refractivity contribution in [3.63, 3.8) is 0 Å². The molecule has 0 heterocycles. The number of allylic oxidation sites excluding steroid dienone is 2. The smallest absolute Gasteiger partial charge is 0.158 e. The molecule has 68 valence electrons. The molecule has 12 heavy (non-hydrogen) atoms. The molecule has 0 bridgehead atoms. The number of methoxy groups -OCH3 is 1. The minimum Gasteiger partial charge on any atom is -0.384 e. The topological polar surface area (TPSA) is 26.3 Å². The van der Waals surface area contributed by atoms with Crippen LogP contribution in [0.2, 0.25) is 0 Å². The number of rotatable bonds is 4. The lowest BCUT2D eigenvalue weighted by Crippen LogP contribution is -2.34. The van der Waals surface area contributed by atoms with Crippen molar-refractivity contribution in [2.45, 2.75) is 19.8 Å². The summed E-state index contributed by atoms with van der Waals surface area (Å²) < 4.78 is 5.03. The SMILES string of the molecule is CC=CC(=O)[C@@H]1CC[C@H]1COC. The summed E-state index contributed by atoms with van der Waals surface area (Å²) in [5.74, 6) is 0.977. The van der Waals surface area contributed by atoms with Crippen LogP contribution >= 0.6 is 0 Å². The van der Waals surface area contributed by atoms with Gasteiger partial charge in [-0.15, -0.1) is 0 Å². The lowest BCUT2D eigenvalue weighted by Gasteiger charge is -2.34. The first-order valence-electron chi connectivity index (χ1n) is 4.45. The van der Waals surface area contributed by atoms with Crippen molar-refractivity contribution in [1.82, 2.24) is 0 Å². The highest BCUT2D eigenvalue weighted by Gasteiger charge is 2.34. The van der Waals surface area contributed by atoms with Crippen LogP contribution in [0.3, 0.4) is 0 Å². The van der Waals surface area contributed by atoms with E-state index in [0.717, 1.165) is 19.4 Å². The Morgan fingerprint density at radius 1 is 1.58 bits per heavy atom. The highest BCUT2D eigenvalue weighted by atomic mass is 16.5. The molecule has 1 aliphatic rings. The fourth-order valence-corrected chi connectivity index (χ4v) is 1.65. The first-order valence-corrected chi connectivity index (χ1v) is 4.45. The largest absolute Gasteiger partial charge is 0.384 e. The minimum atomic E-state index is 0.237. The number of carbonyl (C=O) groups excluding carboxylic acids is 1. The average Bonchev–Trinajstić information content (AvgIpc) is 1.98. The third-order valence-corrected chi connectivity index (χ3v) is 2.49. The summed E-state index contributed by atoms with van der Waals surface area (Å²) in [5, 5.41) is 0. The zero-order valence-electron chi connectivity index (χ0n) is 7.75. The van der Waals surface area contributed by atoms with Gasteiger partial charge in [0.15, 0.2) is 5.78 Å². The average molecular weight is 168 g/mol. The number of ether oxygens (including phenoxy) is 1. The predicted molar refractivity (Wildman–Crippen MR) is 47.9 cm³/mol. The zero-order chi connectivity index (χ0) is 8.97. The monoisotopic (exact) mass is 168 g/mol. The Balaban J connectivity index is 2.37. The Labute approximate surface area is 73.6 Å². The van der Waals surface area contributed by atoms with Crippen LogP contribution in [-0.4, -0.2) is 19.5 Å². The molecule has 0 aliphatic heterocycles. The van der Waals surface area contributed by atoms with E-state index in [2.05, 4.69) is 0 Å². The van der Waals surface area contributed by atoms with Gasteiger partial charge in [-0.2, -0.15) is 0 Å². The molecule has 0 aromatic carbocycles. The summed E-state index contributed by atoms with van der Waals surface area (Å²) >= 11 is 0. The summed E-state index contributed by atoms with van der Waals surface area (Å²) in [7, 11) is 1.69. The first kappa shape index (κ1) is 9.46. The number of hydrogen-bond donors (Lipinski definition) is 0. The number of carbonyl (C=O) groups is 1. The van der Waals surface area contributed by atoms with E-state index >= 15 is 0 Å². The van der Waals surface area contributed by atoms with Crippen molar-refractivity contribution in [1.29, 1.82) is 0 Å². The third-order valence-electron chi connectivity index (χ3n) is 2.49. The minimum absolute atomic E-state index is 0.237. The lowest BCUT2D eigenvalue weighted by atomic mass is 9.72. The Hall–Kier alpha value is -0.630. The Bertz CT molecular complexity index is 184. The van der Waals surface area contributed by atoms with Crippen LogP contribution in [0, 0.1) is 11.8 Å². The van der Waals surface area contributed by atoms with Gasteiger partial charge in [-0.05, 0) is 31.8 Å². The van der Waals surface area contributed by atoms with Crippen molar-refractivity contribution in [2.24, 2.45) is 11.8 Å². The van der Waals surface area contributed by atoms with Crippen molar-refractivity contribution < 1.29 is 9.53 Å². The van der Waals surface area contributed by atoms with Crippen LogP contribution < -0.4 is 0 Å². The molecular weight excluding hydrogens is 152 g/mol. The van der Waals surface area contributed by atoms with Crippen LogP contribution in [0.1, 0.15) is 19.8 Å². The quantitative estimate of drug-likeness (QED) is 0.598. The normalized spacial score (nSPS) is 28.8. The second-order valence-electron chi connectivity index (χ2n) is 3.30. The van der Waals surface area contributed by atoms with E-state index in [0.29, 0.717) is 5.92 Å². The Kier molecular flexibility index (Phi) is 3.48. The molecule has 0 amide bonds. The van der Waals surface area contributed by atoms with Crippen molar-refractivity contribution in [3.8, 4) is 0 Å². The standard InChI is InChI=1S/C10H16O2/c1-3-4-10(11)9-6-5-8(9)7-12-2/h3-4,8-9H,5-7H2,1-2H3/t8-,9+/m0/s1. The molecule has 0 N–H and O–H groups in total. The molecule has 2 nitrogen and oxygen atoms in total. The van der Waals surface area contributed by atoms with E-state index in [9.17, 15) is 4.79 Å². The van der Waals surface area contributed by atoms with Gasteiger partial charge in [0.2, 0.25) is 0 Å². The van der Waals surface area contributed by atoms with Gasteiger partial charge in [-0.25, -0.2) is 0 Å². The van der Waals surface area contributed by atoms with Crippen molar-refractivity contribution in [2.75, 3.05) is 13.7 Å². The van der Waals surface area contributed by atoms with E-state index in [1.165, 1.54) is 0 Å². The summed E-state index contributed by atoms with van der Waals surface area (Å²) in [4.78, 5) is 11.4. The van der Waals surface area contributed by atoms with Gasteiger partial charge in [0.1, 0.15) is 0 Å². The molecule has 1 saturated carbocycles. The Morgan fingerprint density at radius 3 is 2.75 bits per heavy atom. The van der Waals surface area contributed by atoms with Crippen LogP contribution in [0.4, 0.5) is 0 Å². The maximum absolute atomic E-state index is 11.4. The molecule has 2 atom stereocenters. The molecule has 0 radical (unpaired) electrons. The van der Waals surface area contributed by atoms with Crippen LogP contribution in [0.15, 0.2) is 12.2 Å². The van der Waals surface area contributed by atoms with Crippen LogP contribution in [0.5, 0.6) is 0 Å². The molecule has 1 fully saturated rings. The van der Waals surface area contributed by atoms with Gasteiger partial charge in [0.05, 0.1) is 0 Å². The highest BCUT2D eigenvalue weighted by Crippen LogP contribution is 2.35. The fourth-order valence-electron chi connectivity index (χ4n) is 1.65. The van der Waals surface area contributed by atoms with Gasteiger partial charge in [-0.3, -0.25) is 4.79 Å². The highest BCUT2D eigenvalue weighted by molar-refractivity contribution is 5.92. The molecule has 0 saturated heterocycles. The van der Waals surface area contributed by atoms with Crippen LogP contribution in [-0.2, 0) is 9.53 Å². The van der Waals surface area contributed by atoms with Gasteiger partial charge in [-0.1, -0.05) is 6.08 Å². The summed E-state index contributed by atoms with van der Waals surface area (Å²) in [5.41, 5.74) is 0. The van der Waals surface area contributed by atoms with E-state index in [1.54, 1.807) is 13.2 Å². The Morgan fingerprint density at radius 2 is 2.33 bits per heavy atom. The zero-order valence-corrected chi connectivity index (χ0v) is 7.75. The molecule has 2 heteroatoms. The van der Waals surface area contributed by atoms with E-state index < -0.39 is 0 Å².